The van der Waals surface area contributed by atoms with Gasteiger partial charge in [0.05, 0.1) is 18.3 Å². The number of nitrogens with zero attached hydrogens (tertiary/aromatic N) is 2. The highest BCUT2D eigenvalue weighted by Crippen LogP contribution is 2.21. The molecule has 0 radical (unpaired) electrons. The lowest BCUT2D eigenvalue weighted by molar-refractivity contribution is -0.136. The van der Waals surface area contributed by atoms with Crippen LogP contribution in [0, 0.1) is 0 Å². The molecule has 2 aromatic rings. The second kappa shape index (κ2) is 3.59. The minimum Gasteiger partial charge on any atom is -0.481 e. The first-order chi connectivity index (χ1) is 6.75. The van der Waals surface area contributed by atoms with Gasteiger partial charge in [-0.05, 0) is 0 Å². The summed E-state index contributed by atoms with van der Waals surface area (Å²) in [4.78, 5) is 18.4. The van der Waals surface area contributed by atoms with E-state index in [-0.39, 0.29) is 6.42 Å². The fourth-order valence-electron chi connectivity index (χ4n) is 0.970. The molecular formula is C8H6N2O3S. The molecule has 6 heteroatoms. The van der Waals surface area contributed by atoms with E-state index in [9.17, 15) is 4.79 Å². The number of hydrogen-bond acceptors (Lipinski definition) is 5. The maximum Gasteiger partial charge on any atom is 0.309 e. The van der Waals surface area contributed by atoms with Crippen LogP contribution in [0.2, 0.25) is 0 Å². The van der Waals surface area contributed by atoms with Crippen molar-refractivity contribution < 1.29 is 14.3 Å². The molecule has 2 heterocycles. The quantitative estimate of drug-likeness (QED) is 0.829. The lowest BCUT2D eigenvalue weighted by Crippen LogP contribution is -1.99. The molecule has 0 aliphatic carbocycles. The first-order valence-corrected chi connectivity index (χ1v) is 4.70. The molecule has 0 unspecified atom stereocenters. The summed E-state index contributed by atoms with van der Waals surface area (Å²) in [7, 11) is 0. The van der Waals surface area contributed by atoms with Crippen LogP contribution in [-0.4, -0.2) is 21.0 Å². The highest BCUT2D eigenvalue weighted by molar-refractivity contribution is 7.13. The van der Waals surface area contributed by atoms with Gasteiger partial charge in [0.25, 0.3) is 5.89 Å². The Morgan fingerprint density at radius 3 is 3.14 bits per heavy atom. The SMILES string of the molecule is O=C(O)Cc1csc(-c2ncco2)n1. The summed E-state index contributed by atoms with van der Waals surface area (Å²) in [6.45, 7) is 0. The zero-order valence-electron chi connectivity index (χ0n) is 7.01. The van der Waals surface area contributed by atoms with Crippen LogP contribution in [0.5, 0.6) is 0 Å². The van der Waals surface area contributed by atoms with Crippen LogP contribution in [0.4, 0.5) is 0 Å². The van der Waals surface area contributed by atoms with Crippen LogP contribution in [0.1, 0.15) is 5.69 Å². The molecular weight excluding hydrogens is 204 g/mol. The third kappa shape index (κ3) is 1.80. The van der Waals surface area contributed by atoms with E-state index < -0.39 is 5.97 Å². The van der Waals surface area contributed by atoms with Crippen molar-refractivity contribution >= 4 is 17.3 Å². The number of aliphatic carboxylic acids is 1. The summed E-state index contributed by atoms with van der Waals surface area (Å²) in [6.07, 6.45) is 2.90. The van der Waals surface area contributed by atoms with Crippen molar-refractivity contribution in [1.82, 2.24) is 9.97 Å². The van der Waals surface area contributed by atoms with Crippen LogP contribution in [0.15, 0.2) is 22.3 Å². The van der Waals surface area contributed by atoms with Crippen molar-refractivity contribution in [3.63, 3.8) is 0 Å². The zero-order chi connectivity index (χ0) is 9.97. The summed E-state index contributed by atoms with van der Waals surface area (Å²) >= 11 is 1.32. The van der Waals surface area contributed by atoms with Crippen molar-refractivity contribution in [2.24, 2.45) is 0 Å². The van der Waals surface area contributed by atoms with E-state index in [1.807, 2.05) is 0 Å². The predicted octanol–water partition coefficient (Wildman–Crippen LogP) is 1.43. The highest BCUT2D eigenvalue weighted by atomic mass is 32.1. The molecule has 0 aliphatic rings. The number of rotatable bonds is 3. The predicted molar refractivity (Wildman–Crippen MR) is 49.0 cm³/mol. The van der Waals surface area contributed by atoms with Gasteiger partial charge < -0.3 is 9.52 Å². The number of carbonyl (C=O) groups is 1. The molecule has 0 amide bonds. The van der Waals surface area contributed by atoms with Crippen LogP contribution in [-0.2, 0) is 11.2 Å². The Kier molecular flexibility index (Phi) is 2.28. The summed E-state index contributed by atoms with van der Waals surface area (Å²) < 4.78 is 5.03. The maximum absolute atomic E-state index is 10.4. The van der Waals surface area contributed by atoms with E-state index in [2.05, 4.69) is 9.97 Å². The Morgan fingerprint density at radius 1 is 1.64 bits per heavy atom. The number of carboxylic acid groups (broad SMARTS) is 1. The number of hydrogen-bond donors (Lipinski definition) is 1. The van der Waals surface area contributed by atoms with E-state index in [0.29, 0.717) is 16.6 Å². The molecule has 0 atom stereocenters. The molecule has 0 fully saturated rings. The van der Waals surface area contributed by atoms with Gasteiger partial charge in [0.1, 0.15) is 6.26 Å². The number of thiazole rings is 1. The van der Waals surface area contributed by atoms with E-state index in [4.69, 9.17) is 9.52 Å². The molecule has 2 aromatic heterocycles. The van der Waals surface area contributed by atoms with E-state index >= 15 is 0 Å². The molecule has 0 spiro atoms. The van der Waals surface area contributed by atoms with E-state index in [1.54, 1.807) is 5.38 Å². The van der Waals surface area contributed by atoms with Crippen molar-refractivity contribution in [2.45, 2.75) is 6.42 Å². The molecule has 5 nitrogen and oxygen atoms in total. The Bertz CT molecular complexity index is 435. The summed E-state index contributed by atoms with van der Waals surface area (Å²) in [5.74, 6) is -0.471. The minimum absolute atomic E-state index is 0.0722. The van der Waals surface area contributed by atoms with Crippen molar-refractivity contribution in [3.8, 4) is 10.9 Å². The second-order valence-corrected chi connectivity index (χ2v) is 3.41. The second-order valence-electron chi connectivity index (χ2n) is 2.55. The van der Waals surface area contributed by atoms with Crippen LogP contribution in [0.25, 0.3) is 10.9 Å². The smallest absolute Gasteiger partial charge is 0.309 e. The lowest BCUT2D eigenvalue weighted by atomic mass is 10.3. The largest absolute Gasteiger partial charge is 0.481 e. The van der Waals surface area contributed by atoms with Crippen LogP contribution >= 0.6 is 11.3 Å². The maximum atomic E-state index is 10.4. The molecule has 14 heavy (non-hydrogen) atoms. The summed E-state index contributed by atoms with van der Waals surface area (Å²) in [6, 6.07) is 0. The highest BCUT2D eigenvalue weighted by Gasteiger charge is 2.10. The molecule has 0 saturated heterocycles. The van der Waals surface area contributed by atoms with E-state index in [1.165, 1.54) is 23.8 Å². The van der Waals surface area contributed by atoms with Crippen molar-refractivity contribution in [1.29, 1.82) is 0 Å². The fourth-order valence-corrected chi connectivity index (χ4v) is 1.73. The van der Waals surface area contributed by atoms with Gasteiger partial charge in [-0.25, -0.2) is 9.97 Å². The van der Waals surface area contributed by atoms with Crippen molar-refractivity contribution in [3.05, 3.63) is 23.5 Å². The minimum atomic E-state index is -0.894. The van der Waals surface area contributed by atoms with Gasteiger partial charge in [-0.15, -0.1) is 11.3 Å². The van der Waals surface area contributed by atoms with Gasteiger partial charge in [-0.3, -0.25) is 4.79 Å². The zero-order valence-corrected chi connectivity index (χ0v) is 7.82. The fraction of sp³-hybridized carbons (Fsp3) is 0.125. The normalized spacial score (nSPS) is 10.3. The Hall–Kier alpha value is -1.69. The molecule has 72 valence electrons. The van der Waals surface area contributed by atoms with Gasteiger partial charge >= 0.3 is 5.97 Å². The van der Waals surface area contributed by atoms with E-state index in [0.717, 1.165) is 0 Å². The van der Waals surface area contributed by atoms with Crippen molar-refractivity contribution in [2.75, 3.05) is 0 Å². The third-order valence-electron chi connectivity index (χ3n) is 1.50. The van der Waals surface area contributed by atoms with Gasteiger partial charge in [0.2, 0.25) is 0 Å². The molecule has 2 rings (SSSR count). The molecule has 1 N–H and O–H groups in total. The van der Waals surface area contributed by atoms with Gasteiger partial charge in [0, 0.05) is 5.38 Å². The molecule has 0 aromatic carbocycles. The number of oxazole rings is 1. The first kappa shape index (κ1) is 8.89. The standard InChI is InChI=1S/C8H6N2O3S/c11-6(12)3-5-4-14-8(10-5)7-9-1-2-13-7/h1-2,4H,3H2,(H,11,12). The molecule has 0 saturated carbocycles. The number of aromatic nitrogens is 2. The van der Waals surface area contributed by atoms with Crippen LogP contribution < -0.4 is 0 Å². The Balaban J connectivity index is 2.22. The number of carboxylic acids is 1. The van der Waals surface area contributed by atoms with Crippen LogP contribution in [0.3, 0.4) is 0 Å². The molecule has 0 aliphatic heterocycles. The topological polar surface area (TPSA) is 76.2 Å². The van der Waals surface area contributed by atoms with Gasteiger partial charge in [-0.1, -0.05) is 0 Å². The Labute approximate surface area is 83.0 Å². The Morgan fingerprint density at radius 2 is 2.50 bits per heavy atom. The van der Waals surface area contributed by atoms with Gasteiger partial charge in [0.15, 0.2) is 5.01 Å². The first-order valence-electron chi connectivity index (χ1n) is 3.82. The van der Waals surface area contributed by atoms with Gasteiger partial charge in [-0.2, -0.15) is 0 Å². The third-order valence-corrected chi connectivity index (χ3v) is 2.38. The monoisotopic (exact) mass is 210 g/mol. The average molecular weight is 210 g/mol. The average Bonchev–Trinajstić information content (AvgIpc) is 2.69. The lowest BCUT2D eigenvalue weighted by Gasteiger charge is -1.87. The molecule has 0 bridgehead atoms. The summed E-state index contributed by atoms with van der Waals surface area (Å²) in [5.41, 5.74) is 0.524. The summed E-state index contributed by atoms with van der Waals surface area (Å²) in [5, 5.41) is 10.8.